The number of benzene rings is 1. The minimum Gasteiger partial charge on any atom is -0.491 e. The van der Waals surface area contributed by atoms with Crippen LogP contribution in [-0.4, -0.2) is 27.4 Å². The Bertz CT molecular complexity index is 1020. The number of nitrogens with zero attached hydrogens (tertiary/aromatic N) is 2. The van der Waals surface area contributed by atoms with E-state index in [2.05, 4.69) is 11.9 Å². The Labute approximate surface area is 162 Å². The Hall–Kier alpha value is -2.18. The van der Waals surface area contributed by atoms with Crippen molar-refractivity contribution in [3.63, 3.8) is 0 Å². The topological polar surface area (TPSA) is 64.3 Å². The van der Waals surface area contributed by atoms with Gasteiger partial charge in [0.1, 0.15) is 29.1 Å². The quantitative estimate of drug-likeness (QED) is 0.709. The van der Waals surface area contributed by atoms with Crippen LogP contribution in [-0.2, 0) is 25.8 Å². The molecule has 2 aromatic heterocycles. The largest absolute Gasteiger partial charge is 0.491 e. The average Bonchev–Trinajstić information content (AvgIpc) is 3.24. The number of hydrogen-bond donors (Lipinski definition) is 1. The van der Waals surface area contributed by atoms with Crippen molar-refractivity contribution in [2.45, 2.75) is 52.2 Å². The molecular formula is C21H24N2O3S. The molecule has 1 aromatic carbocycles. The van der Waals surface area contributed by atoms with Crippen molar-refractivity contribution in [1.29, 1.82) is 0 Å². The fourth-order valence-electron chi connectivity index (χ4n) is 3.67. The summed E-state index contributed by atoms with van der Waals surface area (Å²) in [6, 6.07) is 7.85. The minimum absolute atomic E-state index is 0.0387. The molecule has 1 aliphatic rings. The second-order valence-electron chi connectivity index (χ2n) is 7.07. The normalized spacial score (nSPS) is 14.5. The fourth-order valence-corrected chi connectivity index (χ4v) is 4.97. The summed E-state index contributed by atoms with van der Waals surface area (Å²) < 4.78 is 7.27. The second kappa shape index (κ2) is 7.44. The van der Waals surface area contributed by atoms with Gasteiger partial charge < -0.3 is 9.84 Å². The molecule has 0 saturated heterocycles. The predicted octanol–water partition coefficient (Wildman–Crippen LogP) is 3.26. The third-order valence-electron chi connectivity index (χ3n) is 5.18. The number of aliphatic hydroxyl groups is 1. The standard InChI is InChI=1S/C21H24N2O3S/c1-3-14-7-9-16(10-8-14)26-12-15(24)11-23-13(2)22-20-19(21(23)25)17-5-4-6-18(17)27-20/h7-10,15,24H,3-6,11-12H2,1-2H3/t15-/m1/s1. The molecule has 6 heteroatoms. The van der Waals surface area contributed by atoms with Crippen LogP contribution < -0.4 is 10.3 Å². The van der Waals surface area contributed by atoms with E-state index in [9.17, 15) is 9.90 Å². The van der Waals surface area contributed by atoms with Crippen LogP contribution in [0.1, 0.15) is 35.2 Å². The van der Waals surface area contributed by atoms with Crippen LogP contribution in [0.4, 0.5) is 0 Å². The van der Waals surface area contributed by atoms with Crippen LogP contribution in [0, 0.1) is 6.92 Å². The van der Waals surface area contributed by atoms with Gasteiger partial charge in [-0.2, -0.15) is 0 Å². The van der Waals surface area contributed by atoms with Crippen LogP contribution in [0.2, 0.25) is 0 Å². The molecular weight excluding hydrogens is 360 g/mol. The zero-order valence-corrected chi connectivity index (χ0v) is 16.5. The summed E-state index contributed by atoms with van der Waals surface area (Å²) >= 11 is 1.64. The maximum Gasteiger partial charge on any atom is 0.262 e. The van der Waals surface area contributed by atoms with Gasteiger partial charge in [-0.25, -0.2) is 4.98 Å². The summed E-state index contributed by atoms with van der Waals surface area (Å²) in [5.74, 6) is 1.36. The van der Waals surface area contributed by atoms with Gasteiger partial charge in [-0.05, 0) is 55.9 Å². The second-order valence-corrected chi connectivity index (χ2v) is 8.16. The molecule has 5 nitrogen and oxygen atoms in total. The molecule has 0 spiro atoms. The molecule has 1 N–H and O–H groups in total. The Morgan fingerprint density at radius 3 is 2.81 bits per heavy atom. The van der Waals surface area contributed by atoms with Gasteiger partial charge in [0.05, 0.1) is 11.9 Å². The van der Waals surface area contributed by atoms with Gasteiger partial charge in [-0.1, -0.05) is 19.1 Å². The molecule has 3 aromatic rings. The Morgan fingerprint density at radius 2 is 2.07 bits per heavy atom. The van der Waals surface area contributed by atoms with E-state index >= 15 is 0 Å². The van der Waals surface area contributed by atoms with E-state index in [4.69, 9.17) is 4.74 Å². The van der Waals surface area contributed by atoms with Crippen molar-refractivity contribution < 1.29 is 9.84 Å². The van der Waals surface area contributed by atoms with Crippen molar-refractivity contribution >= 4 is 21.6 Å². The molecule has 0 radical (unpaired) electrons. The van der Waals surface area contributed by atoms with Gasteiger partial charge in [0.15, 0.2) is 0 Å². The highest BCUT2D eigenvalue weighted by atomic mass is 32.1. The van der Waals surface area contributed by atoms with Gasteiger partial charge in [0.25, 0.3) is 5.56 Å². The van der Waals surface area contributed by atoms with Crippen LogP contribution in [0.3, 0.4) is 0 Å². The Balaban J connectivity index is 1.51. The number of aryl methyl sites for hydroxylation is 4. The maximum atomic E-state index is 13.0. The first-order valence-electron chi connectivity index (χ1n) is 9.48. The van der Waals surface area contributed by atoms with E-state index in [0.29, 0.717) is 5.82 Å². The number of aromatic nitrogens is 2. The van der Waals surface area contributed by atoms with Crippen LogP contribution in [0.25, 0.3) is 10.2 Å². The highest BCUT2D eigenvalue weighted by molar-refractivity contribution is 7.18. The monoisotopic (exact) mass is 384 g/mol. The van der Waals surface area contributed by atoms with Crippen LogP contribution in [0.5, 0.6) is 5.75 Å². The van der Waals surface area contributed by atoms with Crippen molar-refractivity contribution in [2.24, 2.45) is 0 Å². The van der Waals surface area contributed by atoms with Gasteiger partial charge in [-0.15, -0.1) is 11.3 Å². The summed E-state index contributed by atoms with van der Waals surface area (Å²) in [6.45, 7) is 4.25. The Morgan fingerprint density at radius 1 is 1.30 bits per heavy atom. The molecule has 0 saturated carbocycles. The van der Waals surface area contributed by atoms with Crippen LogP contribution in [0.15, 0.2) is 29.1 Å². The molecule has 0 bridgehead atoms. The lowest BCUT2D eigenvalue weighted by Gasteiger charge is -2.16. The summed E-state index contributed by atoms with van der Waals surface area (Å²) in [5.41, 5.74) is 2.37. The third kappa shape index (κ3) is 3.51. The van der Waals surface area contributed by atoms with E-state index in [1.165, 1.54) is 16.0 Å². The van der Waals surface area contributed by atoms with Crippen molar-refractivity contribution in [2.75, 3.05) is 6.61 Å². The van der Waals surface area contributed by atoms with Gasteiger partial charge in [0.2, 0.25) is 0 Å². The molecule has 0 fully saturated rings. The summed E-state index contributed by atoms with van der Waals surface area (Å²) in [7, 11) is 0. The first-order chi connectivity index (χ1) is 13.1. The van der Waals surface area contributed by atoms with E-state index in [1.54, 1.807) is 15.9 Å². The van der Waals surface area contributed by atoms with E-state index in [0.717, 1.165) is 41.6 Å². The van der Waals surface area contributed by atoms with Gasteiger partial charge >= 0.3 is 0 Å². The van der Waals surface area contributed by atoms with Gasteiger partial charge in [-0.3, -0.25) is 9.36 Å². The summed E-state index contributed by atoms with van der Waals surface area (Å²) in [4.78, 5) is 19.8. The number of hydrogen-bond acceptors (Lipinski definition) is 5. The number of fused-ring (bicyclic) bond motifs is 3. The lowest BCUT2D eigenvalue weighted by atomic mass is 10.2. The van der Waals surface area contributed by atoms with E-state index in [-0.39, 0.29) is 18.7 Å². The molecule has 0 unspecified atom stereocenters. The minimum atomic E-state index is -0.779. The summed E-state index contributed by atoms with van der Waals surface area (Å²) in [6.07, 6.45) is 3.31. The first-order valence-corrected chi connectivity index (χ1v) is 10.3. The highest BCUT2D eigenvalue weighted by Gasteiger charge is 2.23. The number of ether oxygens (including phenoxy) is 1. The predicted molar refractivity (Wildman–Crippen MR) is 108 cm³/mol. The molecule has 0 aliphatic heterocycles. The van der Waals surface area contributed by atoms with Gasteiger partial charge in [0, 0.05) is 4.88 Å². The van der Waals surface area contributed by atoms with Crippen LogP contribution >= 0.6 is 11.3 Å². The zero-order chi connectivity index (χ0) is 19.0. The van der Waals surface area contributed by atoms with Crippen molar-refractivity contribution in [3.05, 3.63) is 56.4 Å². The SMILES string of the molecule is CCc1ccc(OC[C@H](O)Cn2c(C)nc3sc4c(c3c2=O)CCC4)cc1. The lowest BCUT2D eigenvalue weighted by Crippen LogP contribution is -2.32. The summed E-state index contributed by atoms with van der Waals surface area (Å²) in [5, 5.41) is 11.2. The number of thiophene rings is 1. The molecule has 142 valence electrons. The molecule has 0 amide bonds. The zero-order valence-electron chi connectivity index (χ0n) is 15.7. The third-order valence-corrected chi connectivity index (χ3v) is 6.37. The fraction of sp³-hybridized carbons (Fsp3) is 0.429. The maximum absolute atomic E-state index is 13.0. The highest BCUT2D eigenvalue weighted by Crippen LogP contribution is 2.34. The van der Waals surface area contributed by atoms with Crippen molar-refractivity contribution in [3.8, 4) is 5.75 Å². The molecule has 1 atom stereocenters. The first kappa shape index (κ1) is 18.2. The molecule has 1 aliphatic carbocycles. The van der Waals surface area contributed by atoms with E-state index in [1.807, 2.05) is 31.2 Å². The lowest BCUT2D eigenvalue weighted by molar-refractivity contribution is 0.0909. The molecule has 2 heterocycles. The number of aliphatic hydroxyl groups excluding tert-OH is 1. The Kier molecular flexibility index (Phi) is 5.02. The number of rotatable bonds is 6. The molecule has 4 rings (SSSR count). The van der Waals surface area contributed by atoms with E-state index < -0.39 is 6.10 Å². The smallest absolute Gasteiger partial charge is 0.262 e. The van der Waals surface area contributed by atoms with Crippen molar-refractivity contribution in [1.82, 2.24) is 9.55 Å². The average molecular weight is 385 g/mol. The molecule has 27 heavy (non-hydrogen) atoms.